The largest absolute Gasteiger partial charge is 0.489 e. The number of rotatable bonds is 9. The summed E-state index contributed by atoms with van der Waals surface area (Å²) >= 11 is 0. The molecule has 0 atom stereocenters. The number of piperidine rings is 1. The molecule has 6 aromatic rings. The number of halogens is 1. The van der Waals surface area contributed by atoms with Crippen molar-refractivity contribution in [1.29, 1.82) is 0 Å². The minimum Gasteiger partial charge on any atom is -0.489 e. The minimum absolute atomic E-state index is 0.188. The molecule has 0 radical (unpaired) electrons. The summed E-state index contributed by atoms with van der Waals surface area (Å²) in [5, 5.41) is 16.1. The Balaban J connectivity index is 1.21. The number of aromatic nitrogens is 6. The van der Waals surface area contributed by atoms with E-state index in [0.29, 0.717) is 17.8 Å². The highest BCUT2D eigenvalue weighted by Crippen LogP contribution is 2.35. The van der Waals surface area contributed by atoms with Gasteiger partial charge in [0.1, 0.15) is 29.0 Å². The first-order valence-corrected chi connectivity index (χ1v) is 14.8. The second-order valence-electron chi connectivity index (χ2n) is 11.4. The first kappa shape index (κ1) is 27.9. The number of fused-ring (bicyclic) bond motifs is 2. The molecule has 224 valence electrons. The number of pyridine rings is 3. The van der Waals surface area contributed by atoms with Gasteiger partial charge in [-0.25, -0.2) is 14.4 Å². The number of hydrogen-bond acceptors (Lipinski definition) is 8. The van der Waals surface area contributed by atoms with Crippen molar-refractivity contribution < 1.29 is 9.13 Å². The molecule has 0 saturated carbocycles. The van der Waals surface area contributed by atoms with Gasteiger partial charge in [0.2, 0.25) is 0 Å². The molecule has 10 nitrogen and oxygen atoms in total. The predicted molar refractivity (Wildman–Crippen MR) is 171 cm³/mol. The third-order valence-corrected chi connectivity index (χ3v) is 7.94. The van der Waals surface area contributed by atoms with Crippen molar-refractivity contribution in [3.63, 3.8) is 0 Å². The average molecular weight is 592 g/mol. The van der Waals surface area contributed by atoms with Crippen LogP contribution in [0.3, 0.4) is 0 Å². The van der Waals surface area contributed by atoms with Crippen LogP contribution in [-0.4, -0.2) is 81.4 Å². The van der Waals surface area contributed by atoms with Crippen LogP contribution in [0, 0.1) is 5.82 Å². The smallest absolute Gasteiger partial charge is 0.155 e. The zero-order valence-corrected chi connectivity index (χ0v) is 24.7. The zero-order chi connectivity index (χ0) is 30.0. The summed E-state index contributed by atoms with van der Waals surface area (Å²) in [5.74, 6) is 0.455. The summed E-state index contributed by atoms with van der Waals surface area (Å²) in [5.41, 5.74) is 7.07. The number of ether oxygens (including phenoxy) is 1. The lowest BCUT2D eigenvalue weighted by Gasteiger charge is -2.23. The summed E-state index contributed by atoms with van der Waals surface area (Å²) < 4.78 is 20.9. The fourth-order valence-electron chi connectivity index (χ4n) is 5.69. The number of nitrogens with zero attached hydrogens (tertiary/aromatic N) is 5. The van der Waals surface area contributed by atoms with Crippen LogP contribution in [0.4, 0.5) is 10.1 Å². The number of benzene rings is 1. The van der Waals surface area contributed by atoms with E-state index in [1.807, 2.05) is 50.8 Å². The van der Waals surface area contributed by atoms with Crippen LogP contribution < -0.4 is 15.4 Å². The first-order chi connectivity index (χ1) is 21.5. The average Bonchev–Trinajstić information content (AvgIpc) is 3.65. The van der Waals surface area contributed by atoms with Crippen molar-refractivity contribution in [1.82, 2.24) is 40.3 Å². The zero-order valence-electron chi connectivity index (χ0n) is 24.7. The molecule has 4 N–H and O–H groups in total. The second kappa shape index (κ2) is 12.0. The highest BCUT2D eigenvalue weighted by molar-refractivity contribution is 6.00. The summed E-state index contributed by atoms with van der Waals surface area (Å²) in [4.78, 5) is 19.1. The lowest BCUT2D eigenvalue weighted by Crippen LogP contribution is -2.34. The number of hydrogen-bond donors (Lipinski definition) is 4. The quantitative estimate of drug-likeness (QED) is 0.175. The Kier molecular flexibility index (Phi) is 7.63. The van der Waals surface area contributed by atoms with Crippen molar-refractivity contribution in [2.75, 3.05) is 45.6 Å². The molecule has 0 amide bonds. The van der Waals surface area contributed by atoms with E-state index >= 15 is 0 Å². The Bertz CT molecular complexity index is 1930. The van der Waals surface area contributed by atoms with Crippen LogP contribution >= 0.6 is 0 Å². The van der Waals surface area contributed by atoms with Crippen LogP contribution in [0.5, 0.6) is 5.75 Å². The number of anilines is 1. The van der Waals surface area contributed by atoms with Crippen LogP contribution in [0.2, 0.25) is 0 Å². The lowest BCUT2D eigenvalue weighted by atomic mass is 10.0. The van der Waals surface area contributed by atoms with Gasteiger partial charge in [-0.05, 0) is 93.6 Å². The predicted octanol–water partition coefficient (Wildman–Crippen LogP) is 5.47. The summed E-state index contributed by atoms with van der Waals surface area (Å²) in [7, 11) is 4.02. The SMILES string of the molecule is CN(C)CCNc1cc(F)cc(-c2ccnc3[nH]c(-c4n[nH]c5ncc(-c6cncc(OC7CCNCC7)c6)cc45)cc23)c1. The molecule has 1 aliphatic heterocycles. The van der Waals surface area contributed by atoms with Crippen LogP contribution in [0.15, 0.2) is 67.3 Å². The van der Waals surface area contributed by atoms with Crippen molar-refractivity contribution in [2.24, 2.45) is 0 Å². The van der Waals surface area contributed by atoms with Crippen molar-refractivity contribution in [3.8, 4) is 39.4 Å². The van der Waals surface area contributed by atoms with E-state index in [2.05, 4.69) is 51.7 Å². The van der Waals surface area contributed by atoms with E-state index in [1.54, 1.807) is 18.5 Å². The Labute approximate surface area is 254 Å². The van der Waals surface area contributed by atoms with Gasteiger partial charge < -0.3 is 25.3 Å². The summed E-state index contributed by atoms with van der Waals surface area (Å²) in [6, 6.07) is 13.0. The number of likely N-dealkylation sites (N-methyl/N-ethyl adjacent to an activating group) is 1. The standard InChI is InChI=1S/C33H34FN9O/c1-43(2)10-9-37-24-12-20(11-23(34)15-24)27-5-8-38-32-28(27)16-30(40-32)31-29-14-22(18-39-33(29)42-41-31)21-13-26(19-36-17-21)44-25-3-6-35-7-4-25/h5,8,11-19,25,35,37H,3-4,6-7,9-10H2,1-2H3,(H,38,40)(H,39,41,42). The maximum absolute atomic E-state index is 14.7. The van der Waals surface area contributed by atoms with Gasteiger partial charge in [-0.1, -0.05) is 0 Å². The molecule has 1 aromatic carbocycles. The van der Waals surface area contributed by atoms with Gasteiger partial charge in [-0.2, -0.15) is 5.10 Å². The molecule has 0 spiro atoms. The molecule has 0 aliphatic carbocycles. The van der Waals surface area contributed by atoms with Gasteiger partial charge in [0.05, 0.1) is 11.9 Å². The molecule has 1 fully saturated rings. The summed E-state index contributed by atoms with van der Waals surface area (Å²) in [6.45, 7) is 3.48. The van der Waals surface area contributed by atoms with Gasteiger partial charge >= 0.3 is 0 Å². The molecule has 44 heavy (non-hydrogen) atoms. The number of H-pyrrole nitrogens is 2. The summed E-state index contributed by atoms with van der Waals surface area (Å²) in [6.07, 6.45) is 9.27. The van der Waals surface area contributed by atoms with E-state index in [9.17, 15) is 4.39 Å². The third kappa shape index (κ3) is 5.84. The monoisotopic (exact) mass is 591 g/mol. The fourth-order valence-corrected chi connectivity index (χ4v) is 5.69. The van der Waals surface area contributed by atoms with Crippen LogP contribution in [0.1, 0.15) is 12.8 Å². The molecule has 1 saturated heterocycles. The molecular formula is C33H34FN9O. The normalized spacial score (nSPS) is 14.1. The highest BCUT2D eigenvalue weighted by atomic mass is 19.1. The third-order valence-electron chi connectivity index (χ3n) is 7.94. The van der Waals surface area contributed by atoms with Crippen molar-refractivity contribution in [3.05, 3.63) is 73.1 Å². The Hall–Kier alpha value is -4.87. The topological polar surface area (TPSA) is 120 Å². The Morgan fingerprint density at radius 1 is 0.932 bits per heavy atom. The van der Waals surface area contributed by atoms with E-state index in [-0.39, 0.29) is 11.9 Å². The highest BCUT2D eigenvalue weighted by Gasteiger charge is 2.18. The first-order valence-electron chi connectivity index (χ1n) is 14.8. The van der Waals surface area contributed by atoms with E-state index in [1.165, 1.54) is 6.07 Å². The van der Waals surface area contributed by atoms with Gasteiger partial charge in [0.25, 0.3) is 0 Å². The van der Waals surface area contributed by atoms with Gasteiger partial charge in [0, 0.05) is 59.3 Å². The van der Waals surface area contributed by atoms with Crippen LogP contribution in [-0.2, 0) is 0 Å². The molecule has 0 bridgehead atoms. The lowest BCUT2D eigenvalue weighted by molar-refractivity contribution is 0.162. The van der Waals surface area contributed by atoms with E-state index in [0.717, 1.165) is 88.3 Å². The molecular weight excluding hydrogens is 557 g/mol. The Morgan fingerprint density at radius 2 is 1.80 bits per heavy atom. The maximum Gasteiger partial charge on any atom is 0.155 e. The van der Waals surface area contributed by atoms with Crippen molar-refractivity contribution >= 4 is 27.8 Å². The minimum atomic E-state index is -0.299. The van der Waals surface area contributed by atoms with Crippen molar-refractivity contribution in [2.45, 2.75) is 18.9 Å². The number of nitrogens with one attached hydrogen (secondary N) is 4. The second-order valence-corrected chi connectivity index (χ2v) is 11.4. The molecule has 7 rings (SSSR count). The molecule has 1 aliphatic rings. The Morgan fingerprint density at radius 3 is 2.66 bits per heavy atom. The maximum atomic E-state index is 14.7. The number of aromatic amines is 2. The molecule has 5 aromatic heterocycles. The van der Waals surface area contributed by atoms with Gasteiger partial charge in [-0.3, -0.25) is 10.1 Å². The fraction of sp³-hybridized carbons (Fsp3) is 0.273. The molecule has 6 heterocycles. The van der Waals surface area contributed by atoms with E-state index < -0.39 is 0 Å². The van der Waals surface area contributed by atoms with Gasteiger partial charge in [-0.15, -0.1) is 0 Å². The molecule has 11 heteroatoms. The van der Waals surface area contributed by atoms with Crippen LogP contribution in [0.25, 0.3) is 55.7 Å². The molecule has 0 unspecified atom stereocenters. The van der Waals surface area contributed by atoms with E-state index in [4.69, 9.17) is 4.74 Å². The van der Waals surface area contributed by atoms with Gasteiger partial charge in [0.15, 0.2) is 5.65 Å².